The fourth-order valence-corrected chi connectivity index (χ4v) is 3.19. The average Bonchev–Trinajstić information content (AvgIpc) is 2.37. The largest absolute Gasteiger partial charge is 0.123 e. The van der Waals surface area contributed by atoms with Gasteiger partial charge < -0.3 is 0 Å². The molecule has 0 nitrogen and oxygen atoms in total. The molecule has 0 aromatic heterocycles. The van der Waals surface area contributed by atoms with Gasteiger partial charge in [0.1, 0.15) is 0 Å². The molecule has 0 radical (unpaired) electrons. The Bertz CT molecular complexity index is 559. The van der Waals surface area contributed by atoms with E-state index in [0.29, 0.717) is 0 Å². The molecule has 0 heterocycles. The molecule has 0 amide bonds. The van der Waals surface area contributed by atoms with Crippen molar-refractivity contribution in [2.24, 2.45) is 0 Å². The van der Waals surface area contributed by atoms with Crippen LogP contribution in [-0.4, -0.2) is 24.6 Å². The van der Waals surface area contributed by atoms with E-state index in [9.17, 15) is 0 Å². The molecule has 2 heteroatoms. The van der Waals surface area contributed by atoms with Crippen molar-refractivity contribution in [3.05, 3.63) is 0 Å². The maximum atomic E-state index is 3.23. The van der Waals surface area contributed by atoms with Crippen LogP contribution in [0.2, 0.25) is 0 Å². The fourth-order valence-electron chi connectivity index (χ4n) is 0.968. The highest BCUT2D eigenvalue weighted by Gasteiger charge is 2.16. The first-order chi connectivity index (χ1) is 8.68. The third-order valence-electron chi connectivity index (χ3n) is 1.98. The SMILES string of the molecule is CC#CC#CC#CC#CC#CC(C)(CPC)PC. The molecule has 0 aliphatic carbocycles. The molecule has 0 N–H and O–H groups in total. The lowest BCUT2D eigenvalue weighted by atomic mass is 10.2. The van der Waals surface area contributed by atoms with Crippen LogP contribution in [0, 0.1) is 59.2 Å². The molecule has 0 saturated carbocycles. The van der Waals surface area contributed by atoms with E-state index in [-0.39, 0.29) is 5.16 Å². The van der Waals surface area contributed by atoms with E-state index >= 15 is 0 Å². The van der Waals surface area contributed by atoms with Gasteiger partial charge in [-0.3, -0.25) is 0 Å². The van der Waals surface area contributed by atoms with Gasteiger partial charge in [-0.25, -0.2) is 0 Å². The molecule has 0 fully saturated rings. The lowest BCUT2D eigenvalue weighted by Gasteiger charge is -2.19. The van der Waals surface area contributed by atoms with Crippen molar-refractivity contribution in [3.63, 3.8) is 0 Å². The quantitative estimate of drug-likeness (QED) is 0.545. The first-order valence-electron chi connectivity index (χ1n) is 5.46. The molecular formula is C16H16P2. The van der Waals surface area contributed by atoms with Gasteiger partial charge in [-0.05, 0) is 80.7 Å². The summed E-state index contributed by atoms with van der Waals surface area (Å²) >= 11 is 0. The summed E-state index contributed by atoms with van der Waals surface area (Å²) in [5.41, 5.74) is 0. The van der Waals surface area contributed by atoms with E-state index in [4.69, 9.17) is 0 Å². The van der Waals surface area contributed by atoms with Crippen LogP contribution in [0.15, 0.2) is 0 Å². The zero-order chi connectivity index (χ0) is 13.7. The van der Waals surface area contributed by atoms with Gasteiger partial charge in [0.05, 0.1) is 0 Å². The number of hydrogen-bond donors (Lipinski definition) is 0. The van der Waals surface area contributed by atoms with Crippen molar-refractivity contribution in [1.29, 1.82) is 0 Å². The summed E-state index contributed by atoms with van der Waals surface area (Å²) < 4.78 is 0. The van der Waals surface area contributed by atoms with Crippen molar-refractivity contribution in [2.45, 2.75) is 19.0 Å². The van der Waals surface area contributed by atoms with E-state index in [1.807, 2.05) is 0 Å². The van der Waals surface area contributed by atoms with Crippen molar-refractivity contribution in [3.8, 4) is 59.2 Å². The van der Waals surface area contributed by atoms with E-state index in [2.05, 4.69) is 79.5 Å². The number of hydrogen-bond acceptors (Lipinski definition) is 0. The Kier molecular flexibility index (Phi) is 9.99. The van der Waals surface area contributed by atoms with Gasteiger partial charge in [-0.1, -0.05) is 11.8 Å². The van der Waals surface area contributed by atoms with Crippen molar-refractivity contribution >= 4 is 17.2 Å². The Morgan fingerprint density at radius 2 is 1.33 bits per heavy atom. The predicted molar refractivity (Wildman–Crippen MR) is 86.3 cm³/mol. The molecule has 0 aliphatic rings. The molecule has 0 aromatic carbocycles. The molecule has 3 atom stereocenters. The molecule has 0 saturated heterocycles. The molecule has 0 spiro atoms. The Hall–Kier alpha value is -1.34. The van der Waals surface area contributed by atoms with Crippen LogP contribution in [0.5, 0.6) is 0 Å². The molecule has 0 bridgehead atoms. The smallest absolute Gasteiger partial charge is 0.0498 e. The summed E-state index contributed by atoms with van der Waals surface area (Å²) in [5, 5.41) is 0.117. The van der Waals surface area contributed by atoms with Crippen LogP contribution in [-0.2, 0) is 0 Å². The molecule has 0 rings (SSSR count). The summed E-state index contributed by atoms with van der Waals surface area (Å²) in [6, 6.07) is 0. The van der Waals surface area contributed by atoms with Crippen LogP contribution in [0.25, 0.3) is 0 Å². The van der Waals surface area contributed by atoms with Gasteiger partial charge in [0.2, 0.25) is 0 Å². The second-order valence-corrected chi connectivity index (χ2v) is 6.15. The van der Waals surface area contributed by atoms with Gasteiger partial charge in [0.25, 0.3) is 0 Å². The third kappa shape index (κ3) is 8.77. The number of rotatable bonds is 3. The third-order valence-corrected chi connectivity index (χ3v) is 4.80. The van der Waals surface area contributed by atoms with Gasteiger partial charge in [-0.15, -0.1) is 17.2 Å². The Balaban J connectivity index is 4.51. The van der Waals surface area contributed by atoms with Gasteiger partial charge in [0, 0.05) is 5.16 Å². The first-order valence-corrected chi connectivity index (χ1v) is 8.66. The standard InChI is InChI=1S/C16H16P2/c1-5-6-7-8-9-10-11-12-13-14-16(2,18-4)15-17-3/h17-18H,15H2,1-4H3. The lowest BCUT2D eigenvalue weighted by Crippen LogP contribution is -2.17. The van der Waals surface area contributed by atoms with Gasteiger partial charge in [0.15, 0.2) is 0 Å². The van der Waals surface area contributed by atoms with Gasteiger partial charge in [-0.2, -0.15) is 0 Å². The van der Waals surface area contributed by atoms with E-state index in [0.717, 1.165) is 23.3 Å². The van der Waals surface area contributed by atoms with Crippen LogP contribution in [0.4, 0.5) is 0 Å². The van der Waals surface area contributed by atoms with Gasteiger partial charge >= 0.3 is 0 Å². The summed E-state index contributed by atoms with van der Waals surface area (Å²) in [4.78, 5) is 0. The maximum absolute atomic E-state index is 3.23. The average molecular weight is 270 g/mol. The van der Waals surface area contributed by atoms with Crippen LogP contribution >= 0.6 is 17.2 Å². The van der Waals surface area contributed by atoms with Crippen LogP contribution in [0.3, 0.4) is 0 Å². The molecule has 3 unspecified atom stereocenters. The Morgan fingerprint density at radius 3 is 1.78 bits per heavy atom. The second-order valence-electron chi connectivity index (χ2n) is 3.49. The summed E-state index contributed by atoms with van der Waals surface area (Å²) in [5.74, 6) is 27.2. The monoisotopic (exact) mass is 270 g/mol. The molecular weight excluding hydrogens is 254 g/mol. The van der Waals surface area contributed by atoms with Crippen LogP contribution in [0.1, 0.15) is 13.8 Å². The normalized spacial score (nSPS) is 11.6. The Morgan fingerprint density at radius 1 is 0.833 bits per heavy atom. The first kappa shape index (κ1) is 16.7. The summed E-state index contributed by atoms with van der Waals surface area (Å²) in [6.45, 7) is 8.32. The van der Waals surface area contributed by atoms with E-state index < -0.39 is 0 Å². The minimum Gasteiger partial charge on any atom is -0.123 e. The van der Waals surface area contributed by atoms with Crippen molar-refractivity contribution < 1.29 is 0 Å². The minimum atomic E-state index is 0.117. The highest BCUT2D eigenvalue weighted by molar-refractivity contribution is 7.43. The highest BCUT2D eigenvalue weighted by atomic mass is 31.1. The van der Waals surface area contributed by atoms with Crippen molar-refractivity contribution in [1.82, 2.24) is 0 Å². The van der Waals surface area contributed by atoms with E-state index in [1.54, 1.807) is 6.92 Å². The van der Waals surface area contributed by atoms with E-state index in [1.165, 1.54) is 0 Å². The minimum absolute atomic E-state index is 0.117. The molecule has 0 aromatic rings. The zero-order valence-corrected chi connectivity index (χ0v) is 13.2. The summed E-state index contributed by atoms with van der Waals surface area (Å²) in [7, 11) is 1.74. The zero-order valence-electron chi connectivity index (χ0n) is 11.2. The van der Waals surface area contributed by atoms with Crippen molar-refractivity contribution in [2.75, 3.05) is 19.5 Å². The fraction of sp³-hybridized carbons (Fsp3) is 0.375. The summed E-state index contributed by atoms with van der Waals surface area (Å²) in [6.07, 6.45) is 1.14. The van der Waals surface area contributed by atoms with Crippen LogP contribution < -0.4 is 0 Å². The highest BCUT2D eigenvalue weighted by Crippen LogP contribution is 2.32. The topological polar surface area (TPSA) is 0 Å². The molecule has 90 valence electrons. The lowest BCUT2D eigenvalue weighted by molar-refractivity contribution is 0.940. The molecule has 0 aliphatic heterocycles. The second kappa shape index (κ2) is 10.8. The Labute approximate surface area is 115 Å². The molecule has 18 heavy (non-hydrogen) atoms. The predicted octanol–water partition coefficient (Wildman–Crippen LogP) is 2.40. The maximum Gasteiger partial charge on any atom is 0.0498 e.